The van der Waals surface area contributed by atoms with Gasteiger partial charge >= 0.3 is 5.63 Å². The maximum Gasteiger partial charge on any atom is 0.336 e. The molecule has 0 bridgehead atoms. The zero-order valence-corrected chi connectivity index (χ0v) is 19.6. The average molecular weight is 490 g/mol. The highest BCUT2D eigenvalue weighted by molar-refractivity contribution is 7.98. The van der Waals surface area contributed by atoms with E-state index in [-0.39, 0.29) is 5.69 Å². The van der Waals surface area contributed by atoms with Crippen LogP contribution < -0.4 is 15.1 Å². The summed E-state index contributed by atoms with van der Waals surface area (Å²) < 4.78 is 18.1. The molecular formula is C25H19N3O6S. The quantitative estimate of drug-likeness (QED) is 0.130. The minimum Gasteiger partial charge on any atom is -0.497 e. The van der Waals surface area contributed by atoms with Gasteiger partial charge in [-0.2, -0.15) is 0 Å². The lowest BCUT2D eigenvalue weighted by Crippen LogP contribution is -2.02. The van der Waals surface area contributed by atoms with Crippen LogP contribution in [-0.4, -0.2) is 28.7 Å². The highest BCUT2D eigenvalue weighted by Gasteiger charge is 2.19. The Morgan fingerprint density at radius 2 is 1.89 bits per heavy atom. The Morgan fingerprint density at radius 1 is 1.06 bits per heavy atom. The summed E-state index contributed by atoms with van der Waals surface area (Å²) in [6, 6.07) is 18.8. The second-order valence-corrected chi connectivity index (χ2v) is 8.52. The number of hydrogen-bond acceptors (Lipinski definition) is 8. The lowest BCUT2D eigenvalue weighted by Gasteiger charge is -2.13. The van der Waals surface area contributed by atoms with Crippen LogP contribution in [0.1, 0.15) is 5.56 Å². The molecule has 0 fully saturated rings. The van der Waals surface area contributed by atoms with Gasteiger partial charge in [-0.25, -0.2) is 9.78 Å². The number of ether oxygens (including phenoxy) is 2. The number of nitro groups is 1. The van der Waals surface area contributed by atoms with Crippen molar-refractivity contribution in [2.24, 2.45) is 0 Å². The number of para-hydroxylation sites is 2. The number of non-ortho nitro benzene ring substituents is 1. The first-order valence-electron chi connectivity index (χ1n) is 10.5. The fraction of sp³-hybridized carbons (Fsp3) is 0.120. The average Bonchev–Trinajstić information content (AvgIpc) is 3.23. The van der Waals surface area contributed by atoms with Crippen molar-refractivity contribution in [2.75, 3.05) is 14.2 Å². The minimum absolute atomic E-state index is 0.0423. The van der Waals surface area contributed by atoms with E-state index < -0.39 is 10.5 Å². The molecule has 2 heterocycles. The maximum atomic E-state index is 12.2. The molecule has 0 amide bonds. The molecule has 176 valence electrons. The lowest BCUT2D eigenvalue weighted by molar-refractivity contribution is -0.384. The number of nitro benzene ring substituents is 1. The van der Waals surface area contributed by atoms with Crippen LogP contribution in [0, 0.1) is 10.1 Å². The molecule has 0 atom stereocenters. The Bertz CT molecular complexity index is 1640. The van der Waals surface area contributed by atoms with Crippen molar-refractivity contribution < 1.29 is 18.8 Å². The number of nitrogens with zero attached hydrogens (tertiary/aromatic N) is 3. The summed E-state index contributed by atoms with van der Waals surface area (Å²) in [6.07, 6.45) is 0. The number of aromatic nitrogens is 2. The molecular weight excluding hydrogens is 470 g/mol. The van der Waals surface area contributed by atoms with E-state index in [1.54, 1.807) is 32.4 Å². The number of hydrogen-bond donors (Lipinski definition) is 0. The molecule has 0 radical (unpaired) electrons. The molecule has 0 N–H and O–H groups in total. The molecule has 5 aromatic rings. The van der Waals surface area contributed by atoms with E-state index in [4.69, 9.17) is 18.9 Å². The summed E-state index contributed by atoms with van der Waals surface area (Å²) >= 11 is 1.40. The zero-order chi connectivity index (χ0) is 24.5. The molecule has 0 aliphatic rings. The van der Waals surface area contributed by atoms with E-state index in [9.17, 15) is 14.9 Å². The summed E-state index contributed by atoms with van der Waals surface area (Å²) in [5.74, 6) is 1.63. The SMILES string of the molecule is COc1ccc2c(CSc3nc4cc([N+](=O)[O-])ccc4n3-c3ccccc3OC)cc(=O)oc2c1. The van der Waals surface area contributed by atoms with Crippen molar-refractivity contribution in [3.8, 4) is 17.2 Å². The Balaban J connectivity index is 1.63. The lowest BCUT2D eigenvalue weighted by atomic mass is 10.1. The van der Waals surface area contributed by atoms with E-state index in [0.29, 0.717) is 39.0 Å². The van der Waals surface area contributed by atoms with Crippen molar-refractivity contribution in [1.29, 1.82) is 0 Å². The molecule has 3 aromatic carbocycles. The summed E-state index contributed by atoms with van der Waals surface area (Å²) in [6.45, 7) is 0. The molecule has 0 aliphatic heterocycles. The fourth-order valence-electron chi connectivity index (χ4n) is 3.90. The van der Waals surface area contributed by atoms with E-state index >= 15 is 0 Å². The molecule has 10 heteroatoms. The smallest absolute Gasteiger partial charge is 0.336 e. The van der Waals surface area contributed by atoms with E-state index in [1.807, 2.05) is 34.9 Å². The van der Waals surface area contributed by atoms with E-state index in [2.05, 4.69) is 0 Å². The number of thioether (sulfide) groups is 1. The van der Waals surface area contributed by atoms with Crippen LogP contribution in [0.25, 0.3) is 27.7 Å². The molecule has 9 nitrogen and oxygen atoms in total. The standard InChI is InChI=1S/C25H19N3O6S/c1-32-17-8-9-18-15(11-24(29)34-23(18)13-17)14-35-25-26-19-12-16(28(30)31)7-10-20(19)27(25)21-5-3-4-6-22(21)33-2/h3-13H,14H2,1-2H3. The van der Waals surface area contributed by atoms with Crippen LogP contribution in [-0.2, 0) is 5.75 Å². The second kappa shape index (κ2) is 9.15. The third-order valence-corrected chi connectivity index (χ3v) is 6.53. The van der Waals surface area contributed by atoms with E-state index in [0.717, 1.165) is 16.6 Å². The Labute approximate surface area is 203 Å². The molecule has 0 aliphatic carbocycles. The summed E-state index contributed by atoms with van der Waals surface area (Å²) in [7, 11) is 3.13. The van der Waals surface area contributed by atoms with Crippen LogP contribution in [0.4, 0.5) is 5.69 Å². The van der Waals surface area contributed by atoms with Gasteiger partial charge in [-0.3, -0.25) is 14.7 Å². The molecule has 5 rings (SSSR count). The minimum atomic E-state index is -0.463. The van der Waals surface area contributed by atoms with Crippen LogP contribution in [0.5, 0.6) is 11.5 Å². The van der Waals surface area contributed by atoms with Crippen molar-refractivity contribution in [2.45, 2.75) is 10.9 Å². The first-order valence-corrected chi connectivity index (χ1v) is 11.5. The molecule has 35 heavy (non-hydrogen) atoms. The summed E-state index contributed by atoms with van der Waals surface area (Å²) in [4.78, 5) is 27.8. The molecule has 0 saturated heterocycles. The highest BCUT2D eigenvalue weighted by atomic mass is 32.2. The Morgan fingerprint density at radius 3 is 2.66 bits per heavy atom. The molecule has 0 unspecified atom stereocenters. The highest BCUT2D eigenvalue weighted by Crippen LogP contribution is 2.35. The third kappa shape index (κ3) is 4.19. The number of rotatable bonds is 7. The van der Waals surface area contributed by atoms with Gasteiger partial charge in [-0.05, 0) is 35.9 Å². The van der Waals surface area contributed by atoms with Gasteiger partial charge in [0, 0.05) is 35.4 Å². The number of fused-ring (bicyclic) bond motifs is 2. The number of imidazole rings is 1. The van der Waals surface area contributed by atoms with Crippen LogP contribution >= 0.6 is 11.8 Å². The van der Waals surface area contributed by atoms with Crippen molar-refractivity contribution in [1.82, 2.24) is 9.55 Å². The summed E-state index contributed by atoms with van der Waals surface area (Å²) in [5.41, 5.74) is 2.62. The number of benzene rings is 3. The predicted molar refractivity (Wildman–Crippen MR) is 133 cm³/mol. The van der Waals surface area contributed by atoms with Gasteiger partial charge in [-0.15, -0.1) is 0 Å². The van der Waals surface area contributed by atoms with Crippen LogP contribution in [0.15, 0.2) is 81.1 Å². The normalized spacial score (nSPS) is 11.1. The van der Waals surface area contributed by atoms with Gasteiger partial charge in [0.1, 0.15) is 17.1 Å². The fourth-order valence-corrected chi connectivity index (χ4v) is 4.92. The molecule has 0 saturated carbocycles. The topological polar surface area (TPSA) is 110 Å². The molecule has 2 aromatic heterocycles. The monoisotopic (exact) mass is 489 g/mol. The number of methoxy groups -OCH3 is 2. The Kier molecular flexibility index (Phi) is 5.87. The zero-order valence-electron chi connectivity index (χ0n) is 18.8. The van der Waals surface area contributed by atoms with E-state index in [1.165, 1.54) is 30.0 Å². The van der Waals surface area contributed by atoms with Gasteiger partial charge in [0.25, 0.3) is 5.69 Å². The van der Waals surface area contributed by atoms with Gasteiger partial charge in [0.05, 0.1) is 35.9 Å². The Hall–Kier alpha value is -4.31. The second-order valence-electron chi connectivity index (χ2n) is 7.57. The van der Waals surface area contributed by atoms with Crippen molar-refractivity contribution >= 4 is 39.5 Å². The van der Waals surface area contributed by atoms with Gasteiger partial charge in [-0.1, -0.05) is 23.9 Å². The van der Waals surface area contributed by atoms with Crippen LogP contribution in [0.3, 0.4) is 0 Å². The first-order chi connectivity index (χ1) is 17.0. The summed E-state index contributed by atoms with van der Waals surface area (Å²) in [5, 5.41) is 12.7. The van der Waals surface area contributed by atoms with Gasteiger partial charge in [0.15, 0.2) is 5.16 Å². The largest absolute Gasteiger partial charge is 0.497 e. The maximum absolute atomic E-state index is 12.2. The molecule has 0 spiro atoms. The van der Waals surface area contributed by atoms with Crippen molar-refractivity contribution in [3.05, 3.63) is 92.8 Å². The van der Waals surface area contributed by atoms with Crippen molar-refractivity contribution in [3.63, 3.8) is 0 Å². The van der Waals surface area contributed by atoms with Gasteiger partial charge < -0.3 is 13.9 Å². The van der Waals surface area contributed by atoms with Gasteiger partial charge in [0.2, 0.25) is 0 Å². The van der Waals surface area contributed by atoms with Crippen LogP contribution in [0.2, 0.25) is 0 Å². The first kappa shape index (κ1) is 22.5. The predicted octanol–water partition coefficient (Wildman–Crippen LogP) is 5.35. The third-order valence-electron chi connectivity index (χ3n) is 5.54.